The van der Waals surface area contributed by atoms with E-state index in [0.717, 1.165) is 28.6 Å². The molecule has 19 heavy (non-hydrogen) atoms. The van der Waals surface area contributed by atoms with Crippen molar-refractivity contribution in [2.45, 2.75) is 32.2 Å². The fourth-order valence-electron chi connectivity index (χ4n) is 2.05. The smallest absolute Gasteiger partial charge is 0.136 e. The Morgan fingerprint density at radius 1 is 1.32 bits per heavy atom. The topological polar surface area (TPSA) is 63.0 Å². The molecule has 0 unspecified atom stereocenters. The summed E-state index contributed by atoms with van der Waals surface area (Å²) in [6.07, 6.45) is 5.82. The molecule has 0 aromatic carbocycles. The van der Waals surface area contributed by atoms with E-state index >= 15 is 0 Å². The van der Waals surface area contributed by atoms with E-state index in [1.165, 1.54) is 12.8 Å². The second-order valence-corrected chi connectivity index (χ2v) is 4.91. The van der Waals surface area contributed by atoms with Crippen molar-refractivity contribution in [3.63, 3.8) is 0 Å². The maximum atomic E-state index is 5.06. The van der Waals surface area contributed by atoms with Crippen LogP contribution in [0, 0.1) is 6.92 Å². The van der Waals surface area contributed by atoms with Gasteiger partial charge in [0, 0.05) is 30.6 Å². The summed E-state index contributed by atoms with van der Waals surface area (Å²) >= 11 is 0. The second-order valence-electron chi connectivity index (χ2n) is 4.91. The molecule has 0 atom stereocenters. The lowest BCUT2D eigenvalue weighted by molar-refractivity contribution is 0.564. The SMILES string of the molecule is CNc1nc(C2CC2)nc(NCc2ccoc2)c1C. The molecule has 100 valence electrons. The molecular weight excluding hydrogens is 240 g/mol. The van der Waals surface area contributed by atoms with Gasteiger partial charge in [-0.2, -0.15) is 0 Å². The van der Waals surface area contributed by atoms with Crippen molar-refractivity contribution in [2.24, 2.45) is 0 Å². The third-order valence-corrected chi connectivity index (χ3v) is 3.38. The molecule has 1 fully saturated rings. The predicted octanol–water partition coefficient (Wildman–Crippen LogP) is 2.91. The molecule has 1 aliphatic rings. The van der Waals surface area contributed by atoms with E-state index < -0.39 is 0 Å². The summed E-state index contributed by atoms with van der Waals surface area (Å²) in [5.41, 5.74) is 2.16. The van der Waals surface area contributed by atoms with Gasteiger partial charge in [-0.05, 0) is 25.8 Å². The summed E-state index contributed by atoms with van der Waals surface area (Å²) in [5, 5.41) is 6.50. The Bertz CT molecular complexity index is 561. The molecule has 0 spiro atoms. The van der Waals surface area contributed by atoms with Gasteiger partial charge in [0.1, 0.15) is 17.5 Å². The highest BCUT2D eigenvalue weighted by atomic mass is 16.3. The van der Waals surface area contributed by atoms with Crippen molar-refractivity contribution >= 4 is 11.6 Å². The minimum absolute atomic E-state index is 0.544. The molecule has 1 saturated carbocycles. The van der Waals surface area contributed by atoms with E-state index in [2.05, 4.69) is 20.6 Å². The molecule has 5 heteroatoms. The number of rotatable bonds is 5. The summed E-state index contributed by atoms with van der Waals surface area (Å²) in [6.45, 7) is 2.74. The van der Waals surface area contributed by atoms with Crippen LogP contribution >= 0.6 is 0 Å². The molecule has 2 aromatic rings. The first-order valence-corrected chi connectivity index (χ1v) is 6.59. The van der Waals surface area contributed by atoms with E-state index in [-0.39, 0.29) is 0 Å². The maximum Gasteiger partial charge on any atom is 0.136 e. The highest BCUT2D eigenvalue weighted by Gasteiger charge is 2.28. The van der Waals surface area contributed by atoms with Gasteiger partial charge in [-0.3, -0.25) is 0 Å². The number of nitrogens with zero attached hydrogens (tertiary/aromatic N) is 2. The monoisotopic (exact) mass is 258 g/mol. The van der Waals surface area contributed by atoms with Crippen LogP contribution in [0.25, 0.3) is 0 Å². The van der Waals surface area contributed by atoms with E-state index in [0.29, 0.717) is 12.5 Å². The third kappa shape index (κ3) is 2.54. The van der Waals surface area contributed by atoms with Crippen molar-refractivity contribution in [2.75, 3.05) is 17.7 Å². The van der Waals surface area contributed by atoms with Crippen molar-refractivity contribution in [3.05, 3.63) is 35.5 Å². The molecule has 0 amide bonds. The van der Waals surface area contributed by atoms with E-state index in [4.69, 9.17) is 4.42 Å². The maximum absolute atomic E-state index is 5.06. The van der Waals surface area contributed by atoms with Crippen LogP contribution in [0.2, 0.25) is 0 Å². The average molecular weight is 258 g/mol. The quantitative estimate of drug-likeness (QED) is 0.863. The van der Waals surface area contributed by atoms with Gasteiger partial charge < -0.3 is 15.1 Å². The predicted molar refractivity (Wildman–Crippen MR) is 74.3 cm³/mol. The lowest BCUT2D eigenvalue weighted by Crippen LogP contribution is -2.09. The molecule has 0 saturated heterocycles. The Labute approximate surface area is 112 Å². The van der Waals surface area contributed by atoms with Gasteiger partial charge >= 0.3 is 0 Å². The van der Waals surface area contributed by atoms with Gasteiger partial charge in [-0.25, -0.2) is 9.97 Å². The van der Waals surface area contributed by atoms with Gasteiger partial charge in [0.25, 0.3) is 0 Å². The van der Waals surface area contributed by atoms with E-state index in [1.54, 1.807) is 12.5 Å². The standard InChI is InChI=1S/C14H18N4O/c1-9-12(15-2)17-14(11-3-4-11)18-13(9)16-7-10-5-6-19-8-10/h5-6,8,11H,3-4,7H2,1-2H3,(H2,15,16,17,18). The first kappa shape index (κ1) is 12.0. The normalized spacial score (nSPS) is 14.4. The lowest BCUT2D eigenvalue weighted by atomic mass is 10.2. The number of anilines is 2. The Kier molecular flexibility index (Phi) is 3.11. The number of hydrogen-bond acceptors (Lipinski definition) is 5. The van der Waals surface area contributed by atoms with E-state index in [1.807, 2.05) is 20.0 Å². The fraction of sp³-hybridized carbons (Fsp3) is 0.429. The zero-order valence-corrected chi connectivity index (χ0v) is 11.2. The van der Waals surface area contributed by atoms with Crippen LogP contribution in [0.5, 0.6) is 0 Å². The minimum atomic E-state index is 0.544. The lowest BCUT2D eigenvalue weighted by Gasteiger charge is -2.13. The van der Waals surface area contributed by atoms with Crippen LogP contribution in [-0.4, -0.2) is 17.0 Å². The van der Waals surface area contributed by atoms with Gasteiger partial charge in [-0.1, -0.05) is 0 Å². The van der Waals surface area contributed by atoms with Gasteiger partial charge in [0.05, 0.1) is 12.5 Å². The van der Waals surface area contributed by atoms with Gasteiger partial charge in [0.2, 0.25) is 0 Å². The highest BCUT2D eigenvalue weighted by molar-refractivity contribution is 5.57. The van der Waals surface area contributed by atoms with E-state index in [9.17, 15) is 0 Å². The zero-order valence-electron chi connectivity index (χ0n) is 11.2. The fourth-order valence-corrected chi connectivity index (χ4v) is 2.05. The Hall–Kier alpha value is -2.04. The Balaban J connectivity index is 1.83. The molecule has 2 N–H and O–H groups in total. The van der Waals surface area contributed by atoms with Crippen LogP contribution in [0.4, 0.5) is 11.6 Å². The summed E-state index contributed by atoms with van der Waals surface area (Å²) < 4.78 is 5.06. The van der Waals surface area contributed by atoms with Crippen LogP contribution < -0.4 is 10.6 Å². The molecule has 5 nitrogen and oxygen atoms in total. The summed E-state index contributed by atoms with van der Waals surface area (Å²) in [7, 11) is 1.89. The summed E-state index contributed by atoms with van der Waals surface area (Å²) in [4.78, 5) is 9.23. The molecule has 2 heterocycles. The molecule has 3 rings (SSSR count). The first-order valence-electron chi connectivity index (χ1n) is 6.59. The number of furan rings is 1. The van der Waals surface area contributed by atoms with Crippen LogP contribution in [0.3, 0.4) is 0 Å². The molecule has 2 aromatic heterocycles. The number of aromatic nitrogens is 2. The van der Waals surface area contributed by atoms with Crippen LogP contribution in [-0.2, 0) is 6.54 Å². The van der Waals surface area contributed by atoms with Crippen LogP contribution in [0.1, 0.15) is 35.7 Å². The molecular formula is C14H18N4O. The zero-order chi connectivity index (χ0) is 13.2. The van der Waals surface area contributed by atoms with Gasteiger partial charge in [0.15, 0.2) is 0 Å². The number of nitrogens with one attached hydrogen (secondary N) is 2. The first-order chi connectivity index (χ1) is 9.28. The highest BCUT2D eigenvalue weighted by Crippen LogP contribution is 2.39. The molecule has 0 bridgehead atoms. The number of hydrogen-bond donors (Lipinski definition) is 2. The summed E-state index contributed by atoms with van der Waals surface area (Å²) in [5.74, 6) is 3.31. The van der Waals surface area contributed by atoms with Crippen molar-refractivity contribution in [1.29, 1.82) is 0 Å². The van der Waals surface area contributed by atoms with Crippen LogP contribution in [0.15, 0.2) is 23.0 Å². The Morgan fingerprint density at radius 2 is 2.11 bits per heavy atom. The molecule has 0 aliphatic heterocycles. The van der Waals surface area contributed by atoms with Crippen molar-refractivity contribution in [1.82, 2.24) is 9.97 Å². The largest absolute Gasteiger partial charge is 0.472 e. The molecule has 1 aliphatic carbocycles. The Morgan fingerprint density at radius 3 is 2.74 bits per heavy atom. The summed E-state index contributed by atoms with van der Waals surface area (Å²) in [6, 6.07) is 1.95. The van der Waals surface area contributed by atoms with Crippen molar-refractivity contribution < 1.29 is 4.42 Å². The minimum Gasteiger partial charge on any atom is -0.472 e. The third-order valence-electron chi connectivity index (χ3n) is 3.38. The van der Waals surface area contributed by atoms with Crippen molar-refractivity contribution in [3.8, 4) is 0 Å². The second kappa shape index (κ2) is 4.91. The van der Waals surface area contributed by atoms with Gasteiger partial charge in [-0.15, -0.1) is 0 Å². The molecule has 0 radical (unpaired) electrons. The average Bonchev–Trinajstić information content (AvgIpc) is 3.14.